The van der Waals surface area contributed by atoms with Crippen LogP contribution >= 0.6 is 0 Å². The van der Waals surface area contributed by atoms with E-state index in [1.807, 2.05) is 35.2 Å². The van der Waals surface area contributed by atoms with E-state index in [0.717, 1.165) is 36.3 Å². The predicted octanol–water partition coefficient (Wildman–Crippen LogP) is 2.70. The van der Waals surface area contributed by atoms with Crippen molar-refractivity contribution in [3.05, 3.63) is 47.2 Å². The van der Waals surface area contributed by atoms with E-state index in [1.165, 1.54) is 19.3 Å². The van der Waals surface area contributed by atoms with Gasteiger partial charge in [0.1, 0.15) is 0 Å². The molecule has 3 amide bonds. The van der Waals surface area contributed by atoms with Gasteiger partial charge in [-0.3, -0.25) is 14.6 Å². The summed E-state index contributed by atoms with van der Waals surface area (Å²) in [5.41, 5.74) is 2.59. The van der Waals surface area contributed by atoms with Crippen molar-refractivity contribution in [1.29, 1.82) is 0 Å². The Hall–Kier alpha value is -2.34. The zero-order chi connectivity index (χ0) is 18.8. The summed E-state index contributed by atoms with van der Waals surface area (Å²) in [6.07, 6.45) is 4.53. The van der Waals surface area contributed by atoms with E-state index >= 15 is 0 Å². The van der Waals surface area contributed by atoms with Gasteiger partial charge in [0.05, 0.1) is 30.5 Å². The maximum Gasteiger partial charge on any atom is 0.322 e. The van der Waals surface area contributed by atoms with Crippen LogP contribution in [0.15, 0.2) is 41.6 Å². The van der Waals surface area contributed by atoms with Crippen molar-refractivity contribution < 1.29 is 9.59 Å². The Labute approximate surface area is 160 Å². The summed E-state index contributed by atoms with van der Waals surface area (Å²) in [7, 11) is 0. The minimum Gasteiger partial charge on any atom is -0.326 e. The monoisotopic (exact) mass is 368 g/mol. The molecule has 1 saturated heterocycles. The Morgan fingerprint density at radius 2 is 1.81 bits per heavy atom. The minimum atomic E-state index is -0.360. The van der Waals surface area contributed by atoms with Gasteiger partial charge >= 0.3 is 6.03 Å². The standard InChI is InChI=1S/C21H28N4O2/c1-2-11-25-17-14-24(15-23-12-7-4-8-13-23)20(26)18(17)19(22-21(25)27)16-9-5-3-6-10-16/h3,5-6,9-10,19H,2,4,7-8,11-15H2,1H3,(H,22,27)/t19-/m0/s1. The lowest BCUT2D eigenvalue weighted by atomic mass is 9.95. The fraction of sp³-hybridized carbons (Fsp3) is 0.524. The number of hydrogen-bond acceptors (Lipinski definition) is 3. The molecule has 3 aliphatic heterocycles. The molecule has 1 atom stereocenters. The molecule has 4 rings (SSSR count). The number of nitrogens with one attached hydrogen (secondary N) is 1. The summed E-state index contributed by atoms with van der Waals surface area (Å²) >= 11 is 0. The Morgan fingerprint density at radius 3 is 2.52 bits per heavy atom. The van der Waals surface area contributed by atoms with Crippen LogP contribution in [0.25, 0.3) is 0 Å². The molecule has 27 heavy (non-hydrogen) atoms. The van der Waals surface area contributed by atoms with Gasteiger partial charge in [0.2, 0.25) is 0 Å². The van der Waals surface area contributed by atoms with Crippen LogP contribution in [0, 0.1) is 0 Å². The number of nitrogens with zero attached hydrogens (tertiary/aromatic N) is 3. The zero-order valence-electron chi connectivity index (χ0n) is 16.0. The molecule has 1 N–H and O–H groups in total. The van der Waals surface area contributed by atoms with Crippen molar-refractivity contribution in [2.75, 3.05) is 32.8 Å². The van der Waals surface area contributed by atoms with Crippen molar-refractivity contribution in [3.63, 3.8) is 0 Å². The minimum absolute atomic E-state index is 0.0607. The third-order valence-corrected chi connectivity index (χ3v) is 5.70. The molecular weight excluding hydrogens is 340 g/mol. The summed E-state index contributed by atoms with van der Waals surface area (Å²) in [6, 6.07) is 9.34. The second-order valence-corrected chi connectivity index (χ2v) is 7.63. The third kappa shape index (κ3) is 3.46. The van der Waals surface area contributed by atoms with E-state index in [9.17, 15) is 9.59 Å². The molecule has 1 aromatic carbocycles. The normalized spacial score (nSPS) is 23.7. The van der Waals surface area contributed by atoms with Crippen LogP contribution in [-0.4, -0.2) is 59.5 Å². The number of benzene rings is 1. The number of amides is 3. The van der Waals surface area contributed by atoms with Crippen molar-refractivity contribution in [3.8, 4) is 0 Å². The molecule has 6 nitrogen and oxygen atoms in total. The Kier molecular flexibility index (Phi) is 5.16. The first-order valence-corrected chi connectivity index (χ1v) is 10.1. The van der Waals surface area contributed by atoms with E-state index in [-0.39, 0.29) is 18.0 Å². The smallest absolute Gasteiger partial charge is 0.322 e. The van der Waals surface area contributed by atoms with E-state index in [2.05, 4.69) is 17.1 Å². The molecule has 0 aliphatic carbocycles. The number of hydrogen-bond donors (Lipinski definition) is 1. The molecule has 0 saturated carbocycles. The topological polar surface area (TPSA) is 55.9 Å². The predicted molar refractivity (Wildman–Crippen MR) is 104 cm³/mol. The van der Waals surface area contributed by atoms with E-state index in [0.29, 0.717) is 19.8 Å². The molecule has 0 spiro atoms. The number of urea groups is 1. The van der Waals surface area contributed by atoms with Crippen LogP contribution in [0.1, 0.15) is 44.2 Å². The van der Waals surface area contributed by atoms with Gasteiger partial charge in [0, 0.05) is 6.54 Å². The van der Waals surface area contributed by atoms with Gasteiger partial charge in [-0.05, 0) is 37.9 Å². The summed E-state index contributed by atoms with van der Waals surface area (Å²) in [4.78, 5) is 32.1. The fourth-order valence-electron chi connectivity index (χ4n) is 4.36. The summed E-state index contributed by atoms with van der Waals surface area (Å²) in [5, 5.41) is 3.06. The quantitative estimate of drug-likeness (QED) is 0.869. The lowest BCUT2D eigenvalue weighted by Crippen LogP contribution is -2.47. The lowest BCUT2D eigenvalue weighted by Gasteiger charge is -2.33. The maximum absolute atomic E-state index is 13.3. The summed E-state index contributed by atoms with van der Waals surface area (Å²) < 4.78 is 0. The summed E-state index contributed by atoms with van der Waals surface area (Å²) in [5.74, 6) is 0.0607. The number of piperidine rings is 1. The molecular formula is C21H28N4O2. The largest absolute Gasteiger partial charge is 0.326 e. The van der Waals surface area contributed by atoms with E-state index in [4.69, 9.17) is 0 Å². The Balaban J connectivity index is 1.63. The number of carbonyl (C=O) groups excluding carboxylic acids is 2. The highest BCUT2D eigenvalue weighted by molar-refractivity contribution is 6.01. The molecule has 1 aromatic rings. The highest BCUT2D eigenvalue weighted by Crippen LogP contribution is 2.36. The highest BCUT2D eigenvalue weighted by Gasteiger charge is 2.44. The van der Waals surface area contributed by atoms with Gasteiger partial charge in [-0.2, -0.15) is 0 Å². The second kappa shape index (κ2) is 7.72. The van der Waals surface area contributed by atoms with Gasteiger partial charge in [-0.25, -0.2) is 4.79 Å². The average Bonchev–Trinajstić information content (AvgIpc) is 3.02. The lowest BCUT2D eigenvalue weighted by molar-refractivity contribution is -0.127. The number of rotatable bonds is 5. The first kappa shape index (κ1) is 18.0. The Bertz CT molecular complexity index is 740. The molecule has 6 heteroatoms. The average molecular weight is 368 g/mol. The molecule has 0 bridgehead atoms. The van der Waals surface area contributed by atoms with Crippen molar-refractivity contribution >= 4 is 11.9 Å². The maximum atomic E-state index is 13.3. The van der Waals surface area contributed by atoms with Crippen LogP contribution in [0.2, 0.25) is 0 Å². The van der Waals surface area contributed by atoms with Crippen molar-refractivity contribution in [1.82, 2.24) is 20.0 Å². The molecule has 3 aliphatic rings. The molecule has 1 fully saturated rings. The third-order valence-electron chi connectivity index (χ3n) is 5.70. The molecule has 0 aromatic heterocycles. The van der Waals surface area contributed by atoms with Gasteiger partial charge in [-0.15, -0.1) is 0 Å². The molecule has 144 valence electrons. The van der Waals surface area contributed by atoms with E-state index < -0.39 is 0 Å². The van der Waals surface area contributed by atoms with Crippen molar-refractivity contribution in [2.45, 2.75) is 38.6 Å². The van der Waals surface area contributed by atoms with Gasteiger partial charge in [0.15, 0.2) is 0 Å². The second-order valence-electron chi connectivity index (χ2n) is 7.63. The van der Waals surface area contributed by atoms with E-state index in [1.54, 1.807) is 4.90 Å². The zero-order valence-corrected chi connectivity index (χ0v) is 16.0. The molecule has 3 heterocycles. The first-order chi connectivity index (χ1) is 13.2. The van der Waals surface area contributed by atoms with Crippen molar-refractivity contribution in [2.24, 2.45) is 0 Å². The first-order valence-electron chi connectivity index (χ1n) is 10.1. The number of likely N-dealkylation sites (tertiary alicyclic amines) is 1. The van der Waals surface area contributed by atoms with Gasteiger partial charge < -0.3 is 10.2 Å². The van der Waals surface area contributed by atoms with Gasteiger partial charge in [0.25, 0.3) is 5.91 Å². The fourth-order valence-corrected chi connectivity index (χ4v) is 4.36. The SMILES string of the molecule is CCCN1C(=O)N[C@@H](c2ccccc2)C2=C1CN(CN1CCCCC1)C2=O. The molecule has 0 radical (unpaired) electrons. The number of carbonyl (C=O) groups is 2. The summed E-state index contributed by atoms with van der Waals surface area (Å²) in [6.45, 7) is 5.97. The van der Waals surface area contributed by atoms with Crippen LogP contribution in [0.5, 0.6) is 0 Å². The van der Waals surface area contributed by atoms with Crippen LogP contribution in [-0.2, 0) is 4.79 Å². The van der Waals surface area contributed by atoms with Crippen LogP contribution in [0.4, 0.5) is 4.79 Å². The Morgan fingerprint density at radius 1 is 1.07 bits per heavy atom. The van der Waals surface area contributed by atoms with Crippen LogP contribution in [0.3, 0.4) is 0 Å². The highest BCUT2D eigenvalue weighted by atomic mass is 16.2. The van der Waals surface area contributed by atoms with Crippen LogP contribution < -0.4 is 5.32 Å². The van der Waals surface area contributed by atoms with Gasteiger partial charge in [-0.1, -0.05) is 43.7 Å². The molecule has 0 unspecified atom stereocenters.